The monoisotopic (exact) mass is 291 g/mol. The van der Waals surface area contributed by atoms with Crippen LogP contribution in [-0.4, -0.2) is 42.6 Å². The third-order valence-corrected chi connectivity index (χ3v) is 3.85. The maximum Gasteiger partial charge on any atom is 0.128 e. The molecule has 1 aromatic heterocycles. The number of nitrogens with two attached hydrogens (primary N) is 1. The van der Waals surface area contributed by atoms with E-state index in [1.54, 1.807) is 7.11 Å². The summed E-state index contributed by atoms with van der Waals surface area (Å²) < 4.78 is 5.21. The van der Waals surface area contributed by atoms with Crippen LogP contribution in [0.25, 0.3) is 10.9 Å². The summed E-state index contributed by atoms with van der Waals surface area (Å²) in [7, 11) is 3.76. The molecule has 0 saturated carbocycles. The maximum atomic E-state index is 6.07. The van der Waals surface area contributed by atoms with Gasteiger partial charge in [0.1, 0.15) is 11.6 Å². The third kappa shape index (κ3) is 3.55. The van der Waals surface area contributed by atoms with E-state index in [9.17, 15) is 0 Å². The molecule has 0 aliphatic carbocycles. The second-order valence-electron chi connectivity index (χ2n) is 4.82. The number of pyridine rings is 1. The number of aromatic nitrogens is 1. The highest BCUT2D eigenvalue weighted by molar-refractivity contribution is 7.98. The number of ether oxygens (including phenoxy) is 1. The van der Waals surface area contributed by atoms with Crippen molar-refractivity contribution < 1.29 is 4.74 Å². The van der Waals surface area contributed by atoms with Gasteiger partial charge in [-0.2, -0.15) is 11.8 Å². The van der Waals surface area contributed by atoms with Crippen molar-refractivity contribution >= 4 is 28.5 Å². The first-order valence-corrected chi connectivity index (χ1v) is 7.94. The van der Waals surface area contributed by atoms with Crippen molar-refractivity contribution in [2.75, 3.05) is 38.4 Å². The van der Waals surface area contributed by atoms with Gasteiger partial charge in [-0.1, -0.05) is 0 Å². The van der Waals surface area contributed by atoms with Gasteiger partial charge in [0.05, 0.1) is 12.6 Å². The SMILES string of the molecule is COc1ccc2cc(CN(C)CCSC)c(N)nc2c1. The van der Waals surface area contributed by atoms with Gasteiger partial charge in [-0.15, -0.1) is 0 Å². The molecule has 0 atom stereocenters. The Kier molecular flexibility index (Phi) is 5.09. The van der Waals surface area contributed by atoms with Gasteiger partial charge in [0, 0.05) is 35.9 Å². The molecule has 1 heterocycles. The van der Waals surface area contributed by atoms with E-state index < -0.39 is 0 Å². The summed E-state index contributed by atoms with van der Waals surface area (Å²) in [6.07, 6.45) is 2.12. The maximum absolute atomic E-state index is 6.07. The number of benzene rings is 1. The molecule has 0 unspecified atom stereocenters. The van der Waals surface area contributed by atoms with Crippen molar-refractivity contribution in [1.82, 2.24) is 9.88 Å². The first-order valence-electron chi connectivity index (χ1n) is 6.54. The van der Waals surface area contributed by atoms with Gasteiger partial charge in [0.15, 0.2) is 0 Å². The molecule has 0 saturated heterocycles. The summed E-state index contributed by atoms with van der Waals surface area (Å²) in [5, 5.41) is 1.09. The number of fused-ring (bicyclic) bond motifs is 1. The molecule has 1 aromatic carbocycles. The van der Waals surface area contributed by atoms with Gasteiger partial charge < -0.3 is 15.4 Å². The Hall–Kier alpha value is -1.46. The molecule has 2 N–H and O–H groups in total. The number of rotatable bonds is 6. The predicted octanol–water partition coefficient (Wildman–Crippen LogP) is 2.62. The van der Waals surface area contributed by atoms with E-state index in [1.807, 2.05) is 30.0 Å². The lowest BCUT2D eigenvalue weighted by atomic mass is 10.1. The van der Waals surface area contributed by atoms with Gasteiger partial charge in [-0.25, -0.2) is 4.98 Å². The fourth-order valence-corrected chi connectivity index (χ4v) is 2.57. The smallest absolute Gasteiger partial charge is 0.128 e. The van der Waals surface area contributed by atoms with Crippen LogP contribution in [0.1, 0.15) is 5.56 Å². The lowest BCUT2D eigenvalue weighted by molar-refractivity contribution is 0.349. The Labute approximate surface area is 124 Å². The van der Waals surface area contributed by atoms with Crippen LogP contribution in [-0.2, 0) is 6.54 Å². The second-order valence-corrected chi connectivity index (χ2v) is 5.81. The van der Waals surface area contributed by atoms with Crippen molar-refractivity contribution in [3.05, 3.63) is 29.8 Å². The Morgan fingerprint density at radius 1 is 1.35 bits per heavy atom. The van der Waals surface area contributed by atoms with Crippen molar-refractivity contribution in [2.45, 2.75) is 6.54 Å². The fraction of sp³-hybridized carbons (Fsp3) is 0.400. The standard InChI is InChI=1S/C15H21N3OS/c1-18(6-7-20-3)10-12-8-11-4-5-13(19-2)9-14(11)17-15(12)16/h4-5,8-9H,6-7,10H2,1-3H3,(H2,16,17). The highest BCUT2D eigenvalue weighted by Gasteiger charge is 2.08. The summed E-state index contributed by atoms with van der Waals surface area (Å²) in [4.78, 5) is 6.75. The molecule has 4 nitrogen and oxygen atoms in total. The number of nitrogens with zero attached hydrogens (tertiary/aromatic N) is 2. The lowest BCUT2D eigenvalue weighted by Gasteiger charge is -2.17. The van der Waals surface area contributed by atoms with Crippen molar-refractivity contribution in [1.29, 1.82) is 0 Å². The molecule has 2 aromatic rings. The van der Waals surface area contributed by atoms with E-state index in [1.165, 1.54) is 0 Å². The topological polar surface area (TPSA) is 51.4 Å². The molecule has 0 spiro atoms. The van der Waals surface area contributed by atoms with Gasteiger partial charge in [0.25, 0.3) is 0 Å². The van der Waals surface area contributed by atoms with E-state index in [-0.39, 0.29) is 0 Å². The first kappa shape index (κ1) is 14.9. The van der Waals surface area contributed by atoms with E-state index in [0.29, 0.717) is 5.82 Å². The largest absolute Gasteiger partial charge is 0.497 e. The van der Waals surface area contributed by atoms with Crippen molar-refractivity contribution in [3.63, 3.8) is 0 Å². The summed E-state index contributed by atoms with van der Waals surface area (Å²) in [6.45, 7) is 1.86. The Bertz CT molecular complexity index is 589. The summed E-state index contributed by atoms with van der Waals surface area (Å²) in [6, 6.07) is 7.99. The number of nitrogen functional groups attached to an aromatic ring is 1. The molecule has 108 valence electrons. The van der Waals surface area contributed by atoms with Gasteiger partial charge in [-0.05, 0) is 31.5 Å². The summed E-state index contributed by atoms with van der Waals surface area (Å²) >= 11 is 1.85. The van der Waals surface area contributed by atoms with E-state index in [2.05, 4.69) is 29.3 Å². The molecule has 0 bridgehead atoms. The zero-order chi connectivity index (χ0) is 14.5. The number of hydrogen-bond donors (Lipinski definition) is 1. The fourth-order valence-electron chi connectivity index (χ4n) is 2.08. The number of anilines is 1. The number of thioether (sulfide) groups is 1. The molecule has 0 aliphatic rings. The van der Waals surface area contributed by atoms with Gasteiger partial charge in [-0.3, -0.25) is 0 Å². The van der Waals surface area contributed by atoms with Gasteiger partial charge in [0.2, 0.25) is 0 Å². The normalized spacial score (nSPS) is 11.2. The average molecular weight is 291 g/mol. The van der Waals surface area contributed by atoms with Crippen LogP contribution in [0.5, 0.6) is 5.75 Å². The second kappa shape index (κ2) is 6.81. The first-order chi connectivity index (χ1) is 9.63. The third-order valence-electron chi connectivity index (χ3n) is 3.25. The predicted molar refractivity (Wildman–Crippen MR) is 87.4 cm³/mol. The molecule has 0 aliphatic heterocycles. The minimum atomic E-state index is 0.599. The van der Waals surface area contributed by atoms with Crippen molar-refractivity contribution in [3.8, 4) is 5.75 Å². The van der Waals surface area contributed by atoms with Crippen LogP contribution in [0.4, 0.5) is 5.82 Å². The molecule has 0 radical (unpaired) electrons. The van der Waals surface area contributed by atoms with Crippen LogP contribution in [0.3, 0.4) is 0 Å². The quantitative estimate of drug-likeness (QED) is 0.886. The van der Waals surface area contributed by atoms with E-state index in [0.717, 1.165) is 41.1 Å². The van der Waals surface area contributed by atoms with Gasteiger partial charge >= 0.3 is 0 Å². The highest BCUT2D eigenvalue weighted by Crippen LogP contribution is 2.23. The summed E-state index contributed by atoms with van der Waals surface area (Å²) in [5.74, 6) is 2.52. The molecule has 5 heteroatoms. The average Bonchev–Trinajstić information content (AvgIpc) is 2.45. The van der Waals surface area contributed by atoms with Crippen LogP contribution in [0.2, 0.25) is 0 Å². The lowest BCUT2D eigenvalue weighted by Crippen LogP contribution is -2.21. The molecule has 20 heavy (non-hydrogen) atoms. The highest BCUT2D eigenvalue weighted by atomic mass is 32.2. The molecule has 0 fully saturated rings. The van der Waals surface area contributed by atoms with Crippen LogP contribution in [0.15, 0.2) is 24.3 Å². The van der Waals surface area contributed by atoms with E-state index >= 15 is 0 Å². The summed E-state index contributed by atoms with van der Waals surface area (Å²) in [5.41, 5.74) is 8.02. The Morgan fingerprint density at radius 2 is 2.15 bits per heavy atom. The van der Waals surface area contributed by atoms with Crippen LogP contribution >= 0.6 is 11.8 Å². The molecular formula is C15H21N3OS. The Morgan fingerprint density at radius 3 is 2.85 bits per heavy atom. The van der Waals surface area contributed by atoms with Crippen molar-refractivity contribution in [2.24, 2.45) is 0 Å². The zero-order valence-corrected chi connectivity index (χ0v) is 13.0. The Balaban J connectivity index is 2.24. The van der Waals surface area contributed by atoms with E-state index in [4.69, 9.17) is 10.5 Å². The molecule has 2 rings (SSSR count). The minimum Gasteiger partial charge on any atom is -0.497 e. The molecule has 0 amide bonds. The molecular weight excluding hydrogens is 270 g/mol. The minimum absolute atomic E-state index is 0.599. The number of methoxy groups -OCH3 is 1. The van der Waals surface area contributed by atoms with Crippen LogP contribution < -0.4 is 10.5 Å². The zero-order valence-electron chi connectivity index (χ0n) is 12.2. The number of hydrogen-bond acceptors (Lipinski definition) is 5. The van der Waals surface area contributed by atoms with Crippen LogP contribution in [0, 0.1) is 0 Å².